The van der Waals surface area contributed by atoms with E-state index in [2.05, 4.69) is 20.8 Å². The number of carbonyl (C=O) groups excluding carboxylic acids is 2. The number of rotatable bonds is 3. The number of amides is 2. The maximum atomic E-state index is 11.6. The van der Waals surface area contributed by atoms with Gasteiger partial charge in [0.25, 0.3) is 0 Å². The summed E-state index contributed by atoms with van der Waals surface area (Å²) in [6.07, 6.45) is 4.62. The van der Waals surface area contributed by atoms with Crippen molar-refractivity contribution in [2.75, 3.05) is 5.32 Å². The van der Waals surface area contributed by atoms with E-state index < -0.39 is 11.8 Å². The quantitative estimate of drug-likeness (QED) is 0.508. The third-order valence-corrected chi connectivity index (χ3v) is 2.58. The van der Waals surface area contributed by atoms with Gasteiger partial charge in [-0.15, -0.1) is 0 Å². The van der Waals surface area contributed by atoms with Gasteiger partial charge in [0.05, 0.1) is 6.21 Å². The van der Waals surface area contributed by atoms with Gasteiger partial charge < -0.3 is 5.32 Å². The zero-order chi connectivity index (χ0) is 15.1. The third kappa shape index (κ3) is 4.54. The molecule has 0 spiro atoms. The molecule has 0 fully saturated rings. The fourth-order valence-electron chi connectivity index (χ4n) is 1.49. The highest BCUT2D eigenvalue weighted by atomic mass is 16.2. The Bertz CT molecular complexity index is 651. The van der Waals surface area contributed by atoms with Gasteiger partial charge >= 0.3 is 11.8 Å². The van der Waals surface area contributed by atoms with Crippen LogP contribution in [-0.2, 0) is 9.59 Å². The van der Waals surface area contributed by atoms with E-state index in [1.54, 1.807) is 36.7 Å². The molecule has 1 aromatic carbocycles. The molecular formula is C15H14N4O2. The van der Waals surface area contributed by atoms with Crippen molar-refractivity contribution in [1.82, 2.24) is 10.4 Å². The predicted molar refractivity (Wildman–Crippen MR) is 79.8 cm³/mol. The number of aryl methyl sites for hydroxylation is 1. The number of nitrogens with zero attached hydrogens (tertiary/aromatic N) is 2. The maximum Gasteiger partial charge on any atom is 0.329 e. The van der Waals surface area contributed by atoms with Crippen LogP contribution in [0.25, 0.3) is 0 Å². The molecule has 2 N–H and O–H groups in total. The molecule has 106 valence electrons. The van der Waals surface area contributed by atoms with E-state index in [-0.39, 0.29) is 0 Å². The van der Waals surface area contributed by atoms with E-state index in [0.29, 0.717) is 5.69 Å². The first-order chi connectivity index (χ1) is 10.1. The zero-order valence-corrected chi connectivity index (χ0v) is 11.4. The molecule has 0 unspecified atom stereocenters. The fraction of sp³-hybridized carbons (Fsp3) is 0.0667. The average Bonchev–Trinajstić information content (AvgIpc) is 2.50. The molecule has 0 bridgehead atoms. The van der Waals surface area contributed by atoms with Crippen LogP contribution in [0.1, 0.15) is 11.1 Å². The largest absolute Gasteiger partial charge is 0.329 e. The Morgan fingerprint density at radius 2 is 1.90 bits per heavy atom. The van der Waals surface area contributed by atoms with Crippen LogP contribution in [0.4, 0.5) is 5.69 Å². The molecule has 0 aliphatic carbocycles. The van der Waals surface area contributed by atoms with E-state index in [0.717, 1.165) is 11.1 Å². The Hall–Kier alpha value is -3.02. The lowest BCUT2D eigenvalue weighted by molar-refractivity contribution is -0.136. The van der Waals surface area contributed by atoms with E-state index in [1.165, 1.54) is 6.21 Å². The second-order valence-corrected chi connectivity index (χ2v) is 4.31. The summed E-state index contributed by atoms with van der Waals surface area (Å²) in [5.41, 5.74) is 4.49. The second-order valence-electron chi connectivity index (χ2n) is 4.31. The first-order valence-corrected chi connectivity index (χ1v) is 6.26. The number of benzene rings is 1. The normalized spacial score (nSPS) is 10.3. The van der Waals surface area contributed by atoms with Crippen molar-refractivity contribution < 1.29 is 9.59 Å². The number of anilines is 1. The fourth-order valence-corrected chi connectivity index (χ4v) is 1.49. The van der Waals surface area contributed by atoms with Crippen LogP contribution in [0.5, 0.6) is 0 Å². The van der Waals surface area contributed by atoms with Crippen LogP contribution < -0.4 is 10.7 Å². The minimum Gasteiger partial charge on any atom is -0.318 e. The van der Waals surface area contributed by atoms with Crippen LogP contribution in [0, 0.1) is 6.92 Å². The molecule has 2 amide bonds. The highest BCUT2D eigenvalue weighted by Gasteiger charge is 2.12. The first kappa shape index (κ1) is 14.4. The summed E-state index contributed by atoms with van der Waals surface area (Å²) in [6.45, 7) is 1.94. The van der Waals surface area contributed by atoms with Crippen molar-refractivity contribution >= 4 is 23.7 Å². The number of hydrogen-bond donors (Lipinski definition) is 2. The van der Waals surface area contributed by atoms with Gasteiger partial charge in [0, 0.05) is 23.6 Å². The molecule has 1 heterocycles. The Labute approximate surface area is 121 Å². The van der Waals surface area contributed by atoms with Crippen LogP contribution in [-0.4, -0.2) is 23.0 Å². The molecule has 1 aromatic heterocycles. The SMILES string of the molecule is Cc1ccc(NC(=O)C(=O)N/N=C/c2cccnc2)cc1. The minimum absolute atomic E-state index is 0.553. The van der Waals surface area contributed by atoms with Crippen molar-refractivity contribution in [3.63, 3.8) is 0 Å². The summed E-state index contributed by atoms with van der Waals surface area (Å²) in [4.78, 5) is 27.1. The summed E-state index contributed by atoms with van der Waals surface area (Å²) in [5, 5.41) is 6.17. The standard InChI is InChI=1S/C15H14N4O2/c1-11-4-6-13(7-5-11)18-14(20)15(21)19-17-10-12-3-2-8-16-9-12/h2-10H,1H3,(H,18,20)(H,19,21)/b17-10+. The molecule has 0 aliphatic heterocycles. The van der Waals surface area contributed by atoms with Crippen LogP contribution >= 0.6 is 0 Å². The maximum absolute atomic E-state index is 11.6. The van der Waals surface area contributed by atoms with E-state index in [9.17, 15) is 9.59 Å². The highest BCUT2D eigenvalue weighted by molar-refractivity contribution is 6.39. The van der Waals surface area contributed by atoms with Crippen molar-refractivity contribution in [1.29, 1.82) is 0 Å². The average molecular weight is 282 g/mol. The van der Waals surface area contributed by atoms with Gasteiger partial charge in [-0.25, -0.2) is 5.43 Å². The number of carbonyl (C=O) groups is 2. The van der Waals surface area contributed by atoms with E-state index in [1.807, 2.05) is 19.1 Å². The van der Waals surface area contributed by atoms with Crippen LogP contribution in [0.3, 0.4) is 0 Å². The lowest BCUT2D eigenvalue weighted by Gasteiger charge is -2.03. The van der Waals surface area contributed by atoms with Crippen molar-refractivity contribution in [2.24, 2.45) is 5.10 Å². The smallest absolute Gasteiger partial charge is 0.318 e. The molecule has 0 aliphatic rings. The van der Waals surface area contributed by atoms with E-state index >= 15 is 0 Å². The molecule has 2 rings (SSSR count). The molecule has 21 heavy (non-hydrogen) atoms. The molecule has 2 aromatic rings. The van der Waals surface area contributed by atoms with Crippen molar-refractivity contribution in [3.8, 4) is 0 Å². The van der Waals surface area contributed by atoms with Gasteiger partial charge in [0.15, 0.2) is 0 Å². The highest BCUT2D eigenvalue weighted by Crippen LogP contribution is 2.08. The summed E-state index contributed by atoms with van der Waals surface area (Å²) in [7, 11) is 0. The number of aromatic nitrogens is 1. The summed E-state index contributed by atoms with van der Waals surface area (Å²) < 4.78 is 0. The number of nitrogens with one attached hydrogen (secondary N) is 2. The van der Waals surface area contributed by atoms with Crippen molar-refractivity contribution in [2.45, 2.75) is 6.92 Å². The number of hydrogen-bond acceptors (Lipinski definition) is 4. The lowest BCUT2D eigenvalue weighted by atomic mass is 10.2. The molecule has 0 radical (unpaired) electrons. The summed E-state index contributed by atoms with van der Waals surface area (Å²) in [5.74, 6) is -1.61. The first-order valence-electron chi connectivity index (χ1n) is 6.26. The van der Waals surface area contributed by atoms with Gasteiger partial charge in [-0.2, -0.15) is 5.10 Å². The Kier molecular flexibility index (Phi) is 4.76. The molecule has 6 nitrogen and oxygen atoms in total. The molecule has 0 saturated heterocycles. The number of hydrazone groups is 1. The van der Waals surface area contributed by atoms with Gasteiger partial charge in [-0.3, -0.25) is 14.6 Å². The Morgan fingerprint density at radius 1 is 1.14 bits per heavy atom. The Morgan fingerprint density at radius 3 is 2.57 bits per heavy atom. The summed E-state index contributed by atoms with van der Waals surface area (Å²) in [6, 6.07) is 10.6. The van der Waals surface area contributed by atoms with Gasteiger partial charge in [0.2, 0.25) is 0 Å². The van der Waals surface area contributed by atoms with E-state index in [4.69, 9.17) is 0 Å². The summed E-state index contributed by atoms with van der Waals surface area (Å²) >= 11 is 0. The Balaban J connectivity index is 1.87. The monoisotopic (exact) mass is 282 g/mol. The molecule has 0 saturated carbocycles. The van der Waals surface area contributed by atoms with Gasteiger partial charge in [0.1, 0.15) is 0 Å². The minimum atomic E-state index is -0.837. The number of pyridine rings is 1. The lowest BCUT2D eigenvalue weighted by Crippen LogP contribution is -2.32. The van der Waals surface area contributed by atoms with Crippen molar-refractivity contribution in [3.05, 3.63) is 59.9 Å². The third-order valence-electron chi connectivity index (χ3n) is 2.58. The molecular weight excluding hydrogens is 268 g/mol. The zero-order valence-electron chi connectivity index (χ0n) is 11.4. The predicted octanol–water partition coefficient (Wildman–Crippen LogP) is 1.48. The second kappa shape index (κ2) is 6.95. The topological polar surface area (TPSA) is 83.5 Å². The van der Waals surface area contributed by atoms with Gasteiger partial charge in [-0.05, 0) is 25.1 Å². The van der Waals surface area contributed by atoms with Crippen LogP contribution in [0.2, 0.25) is 0 Å². The molecule has 0 atom stereocenters. The van der Waals surface area contributed by atoms with Crippen LogP contribution in [0.15, 0.2) is 53.9 Å². The van der Waals surface area contributed by atoms with Gasteiger partial charge in [-0.1, -0.05) is 23.8 Å². The molecule has 6 heteroatoms.